The van der Waals surface area contributed by atoms with Gasteiger partial charge in [0, 0.05) is 24.0 Å². The van der Waals surface area contributed by atoms with Gasteiger partial charge < -0.3 is 9.47 Å². The molecule has 150 valence electrons. The van der Waals surface area contributed by atoms with E-state index in [4.69, 9.17) is 9.47 Å². The minimum absolute atomic E-state index is 0.272. The van der Waals surface area contributed by atoms with Gasteiger partial charge in [-0.25, -0.2) is 4.98 Å². The Bertz CT molecular complexity index is 980. The summed E-state index contributed by atoms with van der Waals surface area (Å²) in [5.41, 5.74) is 3.18. The van der Waals surface area contributed by atoms with Crippen molar-refractivity contribution in [3.63, 3.8) is 0 Å². The minimum Gasteiger partial charge on any atom is -0.486 e. The van der Waals surface area contributed by atoms with Crippen LogP contribution in [0.2, 0.25) is 0 Å². The van der Waals surface area contributed by atoms with Gasteiger partial charge in [-0.3, -0.25) is 14.5 Å². The van der Waals surface area contributed by atoms with Crippen LogP contribution in [0, 0.1) is 0 Å². The van der Waals surface area contributed by atoms with Gasteiger partial charge in [-0.2, -0.15) is 5.10 Å². The fourth-order valence-electron chi connectivity index (χ4n) is 3.82. The number of rotatable bonds is 7. The van der Waals surface area contributed by atoms with E-state index in [0.717, 1.165) is 36.1 Å². The third-order valence-electron chi connectivity index (χ3n) is 5.32. The van der Waals surface area contributed by atoms with Crippen molar-refractivity contribution < 1.29 is 14.3 Å². The molecular weight excluding hydrogens is 368 g/mol. The first-order valence-corrected chi connectivity index (χ1v) is 9.90. The monoisotopic (exact) mass is 392 g/mol. The molecule has 0 N–H and O–H groups in total. The Morgan fingerprint density at radius 1 is 1.17 bits per heavy atom. The highest BCUT2D eigenvalue weighted by atomic mass is 16.5. The molecule has 0 bridgehead atoms. The summed E-state index contributed by atoms with van der Waals surface area (Å²) in [5.74, 6) is 0.786. The van der Waals surface area contributed by atoms with Crippen LogP contribution in [0.5, 0.6) is 11.6 Å². The van der Waals surface area contributed by atoms with Crippen molar-refractivity contribution in [2.45, 2.75) is 44.8 Å². The van der Waals surface area contributed by atoms with E-state index in [-0.39, 0.29) is 6.61 Å². The SMILES string of the molecule is COc1cc(C=O)c(OCc2cccnc2-c2ccnn2C2CCCCC2)cn1. The number of hydrogen-bond acceptors (Lipinski definition) is 6. The molecule has 0 radical (unpaired) electrons. The predicted octanol–water partition coefficient (Wildman–Crippen LogP) is 4.25. The highest BCUT2D eigenvalue weighted by Gasteiger charge is 2.21. The van der Waals surface area contributed by atoms with Crippen molar-refractivity contribution in [2.24, 2.45) is 0 Å². The Morgan fingerprint density at radius 2 is 2.03 bits per heavy atom. The van der Waals surface area contributed by atoms with Crippen molar-refractivity contribution in [3.05, 3.63) is 54.0 Å². The second-order valence-electron chi connectivity index (χ2n) is 7.14. The highest BCUT2D eigenvalue weighted by Crippen LogP contribution is 2.32. The topological polar surface area (TPSA) is 79.1 Å². The number of pyridine rings is 2. The summed E-state index contributed by atoms with van der Waals surface area (Å²) >= 11 is 0. The average molecular weight is 392 g/mol. The first kappa shape index (κ1) is 19.1. The normalized spacial score (nSPS) is 14.5. The molecule has 0 unspecified atom stereocenters. The molecule has 1 aliphatic rings. The number of carbonyl (C=O) groups is 1. The first-order chi connectivity index (χ1) is 14.3. The zero-order valence-electron chi connectivity index (χ0n) is 16.5. The second kappa shape index (κ2) is 8.86. The molecule has 29 heavy (non-hydrogen) atoms. The van der Waals surface area contributed by atoms with E-state index >= 15 is 0 Å². The predicted molar refractivity (Wildman–Crippen MR) is 108 cm³/mol. The molecule has 0 aliphatic heterocycles. The van der Waals surface area contributed by atoms with Gasteiger partial charge in [0.15, 0.2) is 6.29 Å². The fraction of sp³-hybridized carbons (Fsp3) is 0.364. The fourth-order valence-corrected chi connectivity index (χ4v) is 3.82. The molecule has 0 amide bonds. The van der Waals surface area contributed by atoms with Crippen LogP contribution in [-0.2, 0) is 6.61 Å². The van der Waals surface area contributed by atoms with Crippen LogP contribution in [0.4, 0.5) is 0 Å². The smallest absolute Gasteiger partial charge is 0.213 e. The summed E-state index contributed by atoms with van der Waals surface area (Å²) in [6, 6.07) is 7.85. The molecule has 7 nitrogen and oxygen atoms in total. The molecule has 1 fully saturated rings. The Kier molecular flexibility index (Phi) is 5.84. The molecule has 0 spiro atoms. The van der Waals surface area contributed by atoms with Gasteiger partial charge in [0.2, 0.25) is 5.88 Å². The number of aldehydes is 1. The first-order valence-electron chi connectivity index (χ1n) is 9.90. The number of ether oxygens (including phenoxy) is 2. The van der Waals surface area contributed by atoms with E-state index in [1.165, 1.54) is 32.6 Å². The largest absolute Gasteiger partial charge is 0.486 e. The lowest BCUT2D eigenvalue weighted by molar-refractivity contribution is 0.111. The molecule has 0 saturated heterocycles. The van der Waals surface area contributed by atoms with Gasteiger partial charge in [0.1, 0.15) is 12.4 Å². The van der Waals surface area contributed by atoms with E-state index in [0.29, 0.717) is 23.2 Å². The summed E-state index contributed by atoms with van der Waals surface area (Å²) in [7, 11) is 1.51. The van der Waals surface area contributed by atoms with Gasteiger partial charge >= 0.3 is 0 Å². The second-order valence-corrected chi connectivity index (χ2v) is 7.14. The van der Waals surface area contributed by atoms with Crippen LogP contribution < -0.4 is 9.47 Å². The summed E-state index contributed by atoms with van der Waals surface area (Å²) in [4.78, 5) is 20.1. The average Bonchev–Trinajstić information content (AvgIpc) is 3.28. The lowest BCUT2D eigenvalue weighted by Crippen LogP contribution is -2.16. The molecule has 3 heterocycles. The summed E-state index contributed by atoms with van der Waals surface area (Å²) in [6.45, 7) is 0.272. The van der Waals surface area contributed by atoms with Crippen molar-refractivity contribution in [2.75, 3.05) is 7.11 Å². The summed E-state index contributed by atoms with van der Waals surface area (Å²) in [6.07, 6.45) is 11.9. The van der Waals surface area contributed by atoms with Crippen molar-refractivity contribution in [1.29, 1.82) is 0 Å². The van der Waals surface area contributed by atoms with Crippen molar-refractivity contribution >= 4 is 6.29 Å². The van der Waals surface area contributed by atoms with Crippen LogP contribution in [0.15, 0.2) is 42.9 Å². The minimum atomic E-state index is 0.272. The Balaban J connectivity index is 1.59. The summed E-state index contributed by atoms with van der Waals surface area (Å²) < 4.78 is 13.1. The molecule has 7 heteroatoms. The van der Waals surface area contributed by atoms with Gasteiger partial charge in [-0.05, 0) is 25.0 Å². The van der Waals surface area contributed by atoms with Crippen LogP contribution in [0.25, 0.3) is 11.4 Å². The van der Waals surface area contributed by atoms with Crippen LogP contribution in [-0.4, -0.2) is 33.1 Å². The quantitative estimate of drug-likeness (QED) is 0.560. The molecule has 3 aromatic rings. The molecule has 3 aromatic heterocycles. The van der Waals surface area contributed by atoms with Crippen LogP contribution in [0.1, 0.15) is 54.1 Å². The standard InChI is InChI=1S/C22H24N4O3/c1-28-21-12-17(14-27)20(13-24-21)29-15-16-6-5-10-23-22(16)19-9-11-25-26(19)18-7-3-2-4-8-18/h5-6,9-14,18H,2-4,7-8,15H2,1H3. The van der Waals surface area contributed by atoms with E-state index < -0.39 is 0 Å². The third kappa shape index (κ3) is 4.13. The van der Waals surface area contributed by atoms with E-state index in [1.54, 1.807) is 12.3 Å². The highest BCUT2D eigenvalue weighted by molar-refractivity contribution is 5.79. The Morgan fingerprint density at radius 3 is 2.83 bits per heavy atom. The molecule has 4 rings (SSSR count). The molecule has 1 aliphatic carbocycles. The maximum Gasteiger partial charge on any atom is 0.213 e. The van der Waals surface area contributed by atoms with Gasteiger partial charge in [-0.1, -0.05) is 25.3 Å². The Hall–Kier alpha value is -3.22. The molecule has 1 saturated carbocycles. The zero-order valence-corrected chi connectivity index (χ0v) is 16.5. The van der Waals surface area contributed by atoms with Crippen molar-refractivity contribution in [1.82, 2.24) is 19.7 Å². The van der Waals surface area contributed by atoms with E-state index in [2.05, 4.69) is 19.7 Å². The number of carbonyl (C=O) groups excluding carboxylic acids is 1. The maximum atomic E-state index is 11.4. The number of hydrogen-bond donors (Lipinski definition) is 0. The lowest BCUT2D eigenvalue weighted by Gasteiger charge is -2.24. The molecular formula is C22H24N4O3. The lowest BCUT2D eigenvalue weighted by atomic mass is 9.95. The van der Waals surface area contributed by atoms with Crippen LogP contribution in [0.3, 0.4) is 0 Å². The third-order valence-corrected chi connectivity index (χ3v) is 5.32. The maximum absolute atomic E-state index is 11.4. The molecule has 0 aromatic carbocycles. The Labute approximate surface area is 169 Å². The van der Waals surface area contributed by atoms with Crippen LogP contribution >= 0.6 is 0 Å². The number of nitrogens with zero attached hydrogens (tertiary/aromatic N) is 4. The molecule has 0 atom stereocenters. The van der Waals surface area contributed by atoms with E-state index in [1.807, 2.05) is 24.4 Å². The van der Waals surface area contributed by atoms with Gasteiger partial charge in [0.25, 0.3) is 0 Å². The number of methoxy groups -OCH3 is 1. The van der Waals surface area contributed by atoms with E-state index in [9.17, 15) is 4.79 Å². The summed E-state index contributed by atoms with van der Waals surface area (Å²) in [5, 5.41) is 4.59. The van der Waals surface area contributed by atoms with Gasteiger partial charge in [0.05, 0.1) is 36.3 Å². The zero-order chi connectivity index (χ0) is 20.1. The van der Waals surface area contributed by atoms with Crippen molar-refractivity contribution in [3.8, 4) is 23.0 Å². The van der Waals surface area contributed by atoms with Gasteiger partial charge in [-0.15, -0.1) is 0 Å². The number of aromatic nitrogens is 4.